The predicted molar refractivity (Wildman–Crippen MR) is 163 cm³/mol. The van der Waals surface area contributed by atoms with Crippen LogP contribution in [0.5, 0.6) is 0 Å². The molecule has 198 valence electrons. The normalized spacial score (nSPS) is 13.8. The van der Waals surface area contributed by atoms with Crippen LogP contribution in [0.2, 0.25) is 10.0 Å². The Labute approximate surface area is 247 Å². The molecule has 0 saturated carbocycles. The number of halogens is 2. The lowest BCUT2D eigenvalue weighted by molar-refractivity contribution is -0.115. The zero-order valence-electron chi connectivity index (χ0n) is 20.7. The van der Waals surface area contributed by atoms with Gasteiger partial charge in [-0.2, -0.15) is 0 Å². The van der Waals surface area contributed by atoms with E-state index in [0.717, 1.165) is 47.3 Å². The van der Waals surface area contributed by atoms with Crippen LogP contribution in [0.3, 0.4) is 0 Å². The van der Waals surface area contributed by atoms with Crippen molar-refractivity contribution in [1.29, 1.82) is 0 Å². The summed E-state index contributed by atoms with van der Waals surface area (Å²) < 4.78 is 1.61. The highest BCUT2D eigenvalue weighted by atomic mass is 35.5. The van der Waals surface area contributed by atoms with Crippen molar-refractivity contribution in [3.05, 3.63) is 84.8 Å². The summed E-state index contributed by atoms with van der Waals surface area (Å²) >= 11 is 16.3. The highest BCUT2D eigenvalue weighted by Gasteiger charge is 2.25. The minimum Gasteiger partial charge on any atom is -0.301 e. The average Bonchev–Trinajstić information content (AvgIpc) is 3.54. The van der Waals surface area contributed by atoms with Gasteiger partial charge in [0.05, 0.1) is 22.0 Å². The molecule has 0 saturated heterocycles. The van der Waals surface area contributed by atoms with Crippen molar-refractivity contribution in [3.8, 4) is 16.9 Å². The van der Waals surface area contributed by atoms with Crippen LogP contribution in [0.1, 0.15) is 30.2 Å². The molecular formula is C28H22Cl2N4O2S3. The minimum absolute atomic E-state index is 0.107. The first-order valence-electron chi connectivity index (χ1n) is 12.4. The molecule has 0 spiro atoms. The number of thioether (sulfide) groups is 1. The SMILES string of the molecule is CC(Sc1nc2sc3c(c2c(=O)n1-c1ccc(Cl)cc1)CCCC3)C(=O)Nc1nc(-c2ccc(Cl)cc2)cs1. The Hall–Kier alpha value is -2.69. The van der Waals surface area contributed by atoms with Gasteiger partial charge in [0.2, 0.25) is 5.91 Å². The van der Waals surface area contributed by atoms with E-state index < -0.39 is 5.25 Å². The number of hydrogen-bond acceptors (Lipinski definition) is 7. The predicted octanol–water partition coefficient (Wildman–Crippen LogP) is 7.88. The van der Waals surface area contributed by atoms with E-state index in [9.17, 15) is 9.59 Å². The standard InChI is InChI=1S/C28H22Cl2N4O2S3/c1-15(24(35)32-27-31-21(14-37-27)16-6-8-17(29)9-7-16)38-28-33-25-23(20-4-2-3-5-22(20)39-25)26(36)34(28)19-12-10-18(30)11-13-19/h6-15H,2-5H2,1H3,(H,31,32,35). The lowest BCUT2D eigenvalue weighted by Crippen LogP contribution is -2.26. The van der Waals surface area contributed by atoms with Gasteiger partial charge in [-0.05, 0) is 74.6 Å². The van der Waals surface area contributed by atoms with Crippen molar-refractivity contribution >= 4 is 78.9 Å². The van der Waals surface area contributed by atoms with Crippen LogP contribution >= 0.6 is 57.6 Å². The summed E-state index contributed by atoms with van der Waals surface area (Å²) in [5.41, 5.74) is 3.37. The van der Waals surface area contributed by atoms with Gasteiger partial charge in [0.1, 0.15) is 4.83 Å². The van der Waals surface area contributed by atoms with Crippen LogP contribution in [-0.2, 0) is 17.6 Å². The first kappa shape index (κ1) is 26.5. The smallest absolute Gasteiger partial charge is 0.267 e. The molecule has 3 heterocycles. The molecule has 3 aromatic heterocycles. The molecule has 0 radical (unpaired) electrons. The maximum Gasteiger partial charge on any atom is 0.267 e. The first-order chi connectivity index (χ1) is 18.9. The molecule has 1 unspecified atom stereocenters. The Morgan fingerprint density at radius 3 is 2.46 bits per heavy atom. The quantitative estimate of drug-likeness (QED) is 0.156. The average molecular weight is 614 g/mol. The summed E-state index contributed by atoms with van der Waals surface area (Å²) in [4.78, 5) is 38.6. The number of fused-ring (bicyclic) bond motifs is 3. The van der Waals surface area contributed by atoms with Crippen molar-refractivity contribution in [2.24, 2.45) is 0 Å². The topological polar surface area (TPSA) is 76.9 Å². The number of aryl methyl sites for hydroxylation is 2. The summed E-state index contributed by atoms with van der Waals surface area (Å²) in [6.45, 7) is 1.80. The van der Waals surface area contributed by atoms with E-state index >= 15 is 0 Å². The van der Waals surface area contributed by atoms with Gasteiger partial charge in [0.15, 0.2) is 10.3 Å². The fourth-order valence-corrected chi connectivity index (χ4v) is 7.79. The maximum absolute atomic E-state index is 13.9. The van der Waals surface area contributed by atoms with Crippen molar-refractivity contribution in [2.45, 2.75) is 43.0 Å². The molecule has 2 aromatic carbocycles. The zero-order chi connectivity index (χ0) is 27.1. The molecule has 11 heteroatoms. The number of nitrogens with zero attached hydrogens (tertiary/aromatic N) is 3. The summed E-state index contributed by atoms with van der Waals surface area (Å²) in [6, 6.07) is 14.5. The Kier molecular flexibility index (Phi) is 7.52. The molecule has 1 aliphatic carbocycles. The fraction of sp³-hybridized carbons (Fsp3) is 0.214. The molecule has 1 amide bonds. The Bertz CT molecular complexity index is 1740. The van der Waals surface area contributed by atoms with Gasteiger partial charge in [0, 0.05) is 25.9 Å². The molecule has 0 aliphatic heterocycles. The molecule has 1 aliphatic rings. The number of thiophene rings is 1. The summed E-state index contributed by atoms with van der Waals surface area (Å²) in [5.74, 6) is -0.223. The Balaban J connectivity index is 1.31. The monoisotopic (exact) mass is 612 g/mol. The van der Waals surface area contributed by atoms with Crippen LogP contribution < -0.4 is 10.9 Å². The molecule has 0 fully saturated rings. The molecule has 1 atom stereocenters. The molecule has 39 heavy (non-hydrogen) atoms. The van der Waals surface area contributed by atoms with Gasteiger partial charge in [-0.1, -0.05) is 47.1 Å². The largest absolute Gasteiger partial charge is 0.301 e. The highest BCUT2D eigenvalue weighted by molar-refractivity contribution is 8.00. The van der Waals surface area contributed by atoms with Crippen molar-refractivity contribution in [1.82, 2.24) is 14.5 Å². The van der Waals surface area contributed by atoms with E-state index in [0.29, 0.717) is 31.4 Å². The number of thiazole rings is 1. The first-order valence-corrected chi connectivity index (χ1v) is 15.7. The number of carbonyl (C=O) groups is 1. The third-order valence-electron chi connectivity index (χ3n) is 6.57. The van der Waals surface area contributed by atoms with Crippen molar-refractivity contribution < 1.29 is 4.79 Å². The highest BCUT2D eigenvalue weighted by Crippen LogP contribution is 2.36. The van der Waals surface area contributed by atoms with E-state index in [1.54, 1.807) is 59.2 Å². The van der Waals surface area contributed by atoms with Crippen LogP contribution in [0.15, 0.2) is 63.9 Å². The Morgan fingerprint density at radius 1 is 1.03 bits per heavy atom. The lowest BCUT2D eigenvalue weighted by Gasteiger charge is -2.16. The molecular weight excluding hydrogens is 591 g/mol. The molecule has 6 rings (SSSR count). The van der Waals surface area contributed by atoms with Crippen LogP contribution in [-0.4, -0.2) is 25.7 Å². The van der Waals surface area contributed by atoms with Gasteiger partial charge in [-0.3, -0.25) is 14.2 Å². The maximum atomic E-state index is 13.9. The van der Waals surface area contributed by atoms with Crippen LogP contribution in [0.4, 0.5) is 5.13 Å². The lowest BCUT2D eigenvalue weighted by atomic mass is 9.97. The van der Waals surface area contributed by atoms with Crippen molar-refractivity contribution in [2.75, 3.05) is 5.32 Å². The number of rotatable bonds is 6. The number of hydrogen-bond donors (Lipinski definition) is 1. The fourth-order valence-electron chi connectivity index (χ4n) is 4.59. The zero-order valence-corrected chi connectivity index (χ0v) is 24.7. The molecule has 1 N–H and O–H groups in total. The van der Waals surface area contributed by atoms with Crippen LogP contribution in [0.25, 0.3) is 27.2 Å². The molecule has 6 nitrogen and oxygen atoms in total. The van der Waals surface area contributed by atoms with E-state index in [2.05, 4.69) is 10.3 Å². The number of anilines is 1. The summed E-state index contributed by atoms with van der Waals surface area (Å²) in [6.07, 6.45) is 4.07. The second-order valence-electron chi connectivity index (χ2n) is 9.20. The number of nitrogens with one attached hydrogen (secondary N) is 1. The van der Waals surface area contributed by atoms with Gasteiger partial charge >= 0.3 is 0 Å². The van der Waals surface area contributed by atoms with E-state index in [1.165, 1.54) is 28.0 Å². The number of amides is 1. The van der Waals surface area contributed by atoms with Gasteiger partial charge in [-0.25, -0.2) is 9.97 Å². The van der Waals surface area contributed by atoms with Gasteiger partial charge < -0.3 is 5.32 Å². The van der Waals surface area contributed by atoms with Gasteiger partial charge in [-0.15, -0.1) is 22.7 Å². The third-order valence-corrected chi connectivity index (χ3v) is 10.1. The Morgan fingerprint density at radius 2 is 1.72 bits per heavy atom. The molecule has 5 aromatic rings. The van der Waals surface area contributed by atoms with Gasteiger partial charge in [0.25, 0.3) is 5.56 Å². The summed E-state index contributed by atoms with van der Waals surface area (Å²) in [7, 11) is 0. The number of aromatic nitrogens is 3. The second kappa shape index (κ2) is 11.1. The van der Waals surface area contributed by atoms with E-state index in [4.69, 9.17) is 28.2 Å². The molecule has 0 bridgehead atoms. The minimum atomic E-state index is -0.537. The number of carbonyl (C=O) groups excluding carboxylic acids is 1. The second-order valence-corrected chi connectivity index (χ2v) is 13.3. The van der Waals surface area contributed by atoms with Crippen molar-refractivity contribution in [3.63, 3.8) is 0 Å². The summed E-state index contributed by atoms with van der Waals surface area (Å²) in [5, 5.41) is 7.17. The van der Waals surface area contributed by atoms with E-state index in [-0.39, 0.29) is 11.5 Å². The third kappa shape index (κ3) is 5.38. The van der Waals surface area contributed by atoms with E-state index in [1.807, 2.05) is 17.5 Å². The van der Waals surface area contributed by atoms with Crippen LogP contribution in [0, 0.1) is 0 Å². The number of benzene rings is 2.